The van der Waals surface area contributed by atoms with E-state index >= 15 is 0 Å². The highest BCUT2D eigenvalue weighted by Crippen LogP contribution is 2.48. The number of carbonyl (C=O) groups excluding carboxylic acids is 3. The van der Waals surface area contributed by atoms with E-state index in [-0.39, 0.29) is 28.9 Å². The lowest BCUT2D eigenvalue weighted by atomic mass is 9.63. The lowest BCUT2D eigenvalue weighted by molar-refractivity contribution is -0.140. The predicted molar refractivity (Wildman–Crippen MR) is 179 cm³/mol. The van der Waals surface area contributed by atoms with Crippen LogP contribution in [-0.2, 0) is 27.2 Å². The molecule has 3 N–H and O–H groups in total. The van der Waals surface area contributed by atoms with E-state index in [1.54, 1.807) is 0 Å². The van der Waals surface area contributed by atoms with Gasteiger partial charge in [0.25, 0.3) is 0 Å². The molecule has 3 amide bonds. The number of piperidine rings is 1. The summed E-state index contributed by atoms with van der Waals surface area (Å²) in [6.07, 6.45) is 9.25. The van der Waals surface area contributed by atoms with E-state index < -0.39 is 18.0 Å². The maximum atomic E-state index is 14.3. The van der Waals surface area contributed by atoms with Crippen molar-refractivity contribution in [2.24, 2.45) is 23.0 Å². The van der Waals surface area contributed by atoms with E-state index in [1.807, 2.05) is 52.3 Å². The first-order chi connectivity index (χ1) is 22.1. The highest BCUT2D eigenvalue weighted by Gasteiger charge is 2.49. The van der Waals surface area contributed by atoms with E-state index in [0.717, 1.165) is 43.2 Å². The number of hydrogen-bond acceptors (Lipinski definition) is 5. The maximum Gasteiger partial charge on any atom is 0.410 e. The zero-order chi connectivity index (χ0) is 32.5. The molecule has 0 spiro atoms. The van der Waals surface area contributed by atoms with Gasteiger partial charge in [-0.05, 0) is 92.5 Å². The van der Waals surface area contributed by atoms with Gasteiger partial charge >= 0.3 is 6.09 Å². The molecule has 3 fully saturated rings. The summed E-state index contributed by atoms with van der Waals surface area (Å²) >= 11 is 6.16. The number of nitrogens with zero attached hydrogens (tertiary/aromatic N) is 2. The number of fused-ring (bicyclic) bond motifs is 1. The first kappa shape index (κ1) is 32.8. The molecule has 4 aliphatic rings. The Kier molecular flexibility index (Phi) is 9.68. The largest absolute Gasteiger partial charge is 0.447 e. The van der Waals surface area contributed by atoms with Crippen LogP contribution < -0.4 is 11.1 Å². The van der Waals surface area contributed by atoms with Gasteiger partial charge in [0.15, 0.2) is 0 Å². The van der Waals surface area contributed by atoms with Crippen LogP contribution in [0.3, 0.4) is 0 Å². The molecule has 0 radical (unpaired) electrons. The SMILES string of the molecule is CC1(C)COC(=O)N1CC1(C2CCCCC2)CCN(C(=O)[C@@H](Cc2ccc(Cl)cc2)NC(=O)C2CCc3ccccc3[C@@H]2N)CC1. The molecule has 2 aromatic carbocycles. The lowest BCUT2D eigenvalue weighted by Crippen LogP contribution is -2.58. The van der Waals surface area contributed by atoms with E-state index in [4.69, 9.17) is 22.1 Å². The molecule has 2 aromatic rings. The Morgan fingerprint density at radius 1 is 1.02 bits per heavy atom. The molecule has 2 saturated heterocycles. The van der Waals surface area contributed by atoms with Gasteiger partial charge in [0.1, 0.15) is 12.6 Å². The van der Waals surface area contributed by atoms with Crippen molar-refractivity contribution in [1.82, 2.24) is 15.1 Å². The van der Waals surface area contributed by atoms with Crippen LogP contribution in [0.15, 0.2) is 48.5 Å². The van der Waals surface area contributed by atoms with Crippen molar-refractivity contribution >= 4 is 29.5 Å². The van der Waals surface area contributed by atoms with Gasteiger partial charge < -0.3 is 20.7 Å². The molecule has 0 bridgehead atoms. The second-order valence-electron chi connectivity index (χ2n) is 14.7. The van der Waals surface area contributed by atoms with Crippen LogP contribution in [0, 0.1) is 17.3 Å². The summed E-state index contributed by atoms with van der Waals surface area (Å²) in [5, 5.41) is 3.78. The monoisotopic (exact) mass is 648 g/mol. The van der Waals surface area contributed by atoms with Gasteiger partial charge in [0, 0.05) is 37.1 Å². The number of ether oxygens (including phenoxy) is 1. The van der Waals surface area contributed by atoms with Crippen LogP contribution >= 0.6 is 11.6 Å². The molecule has 6 rings (SSSR count). The highest BCUT2D eigenvalue weighted by molar-refractivity contribution is 6.30. The normalized spacial score (nSPS) is 25.0. The molecule has 1 unspecified atom stereocenters. The van der Waals surface area contributed by atoms with Crippen molar-refractivity contribution in [3.8, 4) is 0 Å². The molecular weight excluding hydrogens is 600 g/mol. The fourth-order valence-corrected chi connectivity index (χ4v) is 8.59. The fourth-order valence-electron chi connectivity index (χ4n) is 8.46. The highest BCUT2D eigenvalue weighted by atomic mass is 35.5. The van der Waals surface area contributed by atoms with Gasteiger partial charge in [-0.2, -0.15) is 0 Å². The molecule has 8 nitrogen and oxygen atoms in total. The topological polar surface area (TPSA) is 105 Å². The van der Waals surface area contributed by atoms with E-state index in [0.29, 0.717) is 50.0 Å². The Labute approximate surface area is 278 Å². The van der Waals surface area contributed by atoms with Crippen molar-refractivity contribution in [2.75, 3.05) is 26.2 Å². The summed E-state index contributed by atoms with van der Waals surface area (Å²) in [7, 11) is 0. The molecular formula is C37H49ClN4O4. The quantitative estimate of drug-likeness (QED) is 0.363. The lowest BCUT2D eigenvalue weighted by Gasteiger charge is -2.51. The van der Waals surface area contributed by atoms with E-state index in [9.17, 15) is 14.4 Å². The van der Waals surface area contributed by atoms with Crippen molar-refractivity contribution in [3.63, 3.8) is 0 Å². The number of rotatable bonds is 8. The summed E-state index contributed by atoms with van der Waals surface area (Å²) in [6.45, 7) is 6.42. The van der Waals surface area contributed by atoms with Crippen molar-refractivity contribution in [3.05, 3.63) is 70.2 Å². The summed E-state index contributed by atoms with van der Waals surface area (Å²) in [4.78, 5) is 44.9. The number of cyclic esters (lactones) is 1. The predicted octanol–water partition coefficient (Wildman–Crippen LogP) is 6.05. The minimum atomic E-state index is -0.715. The second-order valence-corrected chi connectivity index (χ2v) is 15.2. The Balaban J connectivity index is 1.19. The number of benzene rings is 2. The number of amides is 3. The van der Waals surface area contributed by atoms with Crippen LogP contribution in [-0.4, -0.2) is 65.5 Å². The number of likely N-dealkylation sites (tertiary alicyclic amines) is 1. The molecule has 2 heterocycles. The number of halogens is 1. The third-order valence-corrected chi connectivity index (χ3v) is 11.6. The Hall–Kier alpha value is -3.10. The number of nitrogens with two attached hydrogens (primary N) is 1. The zero-order valence-electron chi connectivity index (χ0n) is 27.3. The van der Waals surface area contributed by atoms with Gasteiger partial charge in [-0.25, -0.2) is 4.79 Å². The Morgan fingerprint density at radius 2 is 1.72 bits per heavy atom. The summed E-state index contributed by atoms with van der Waals surface area (Å²) < 4.78 is 5.49. The average molecular weight is 649 g/mol. The first-order valence-corrected chi connectivity index (χ1v) is 17.6. The standard InChI is InChI=1S/C37H49ClN4O4/c1-36(2)24-46-35(45)42(36)23-37(27-9-4-3-5-10-27)18-20-41(21-19-37)34(44)31(22-25-12-15-28(38)16-13-25)40-33(43)30-17-14-26-8-6-7-11-29(26)32(30)39/h6-8,11-13,15-16,27,30-32H,3-5,9-10,14,17-24,39H2,1-2H3,(H,40,43)/t30?,31-,32+/m1/s1. The van der Waals surface area contributed by atoms with Crippen LogP contribution in [0.2, 0.25) is 5.02 Å². The number of nitrogens with one attached hydrogen (secondary N) is 1. The van der Waals surface area contributed by atoms with E-state index in [2.05, 4.69) is 25.2 Å². The van der Waals surface area contributed by atoms with Crippen LogP contribution in [0.1, 0.15) is 87.9 Å². The van der Waals surface area contributed by atoms with Crippen molar-refractivity contribution in [2.45, 2.75) is 95.7 Å². The minimum Gasteiger partial charge on any atom is -0.447 e. The molecule has 0 aromatic heterocycles. The zero-order valence-corrected chi connectivity index (χ0v) is 28.1. The number of aryl methyl sites for hydroxylation is 1. The fraction of sp³-hybridized carbons (Fsp3) is 0.595. The Bertz CT molecular complexity index is 1410. The second kappa shape index (κ2) is 13.6. The van der Waals surface area contributed by atoms with Crippen LogP contribution in [0.25, 0.3) is 0 Å². The third-order valence-electron chi connectivity index (χ3n) is 11.4. The van der Waals surface area contributed by atoms with Gasteiger partial charge in [0.05, 0.1) is 11.5 Å². The maximum absolute atomic E-state index is 14.3. The van der Waals surface area contributed by atoms with Crippen molar-refractivity contribution in [1.29, 1.82) is 0 Å². The molecule has 248 valence electrons. The molecule has 3 atom stereocenters. The Morgan fingerprint density at radius 3 is 2.39 bits per heavy atom. The summed E-state index contributed by atoms with van der Waals surface area (Å²) in [6, 6.07) is 14.4. The van der Waals surface area contributed by atoms with Gasteiger partial charge in [-0.15, -0.1) is 0 Å². The average Bonchev–Trinajstić information content (AvgIpc) is 3.32. The van der Waals surface area contributed by atoms with E-state index in [1.165, 1.54) is 24.8 Å². The van der Waals surface area contributed by atoms with Crippen LogP contribution in [0.5, 0.6) is 0 Å². The number of carbonyl (C=O) groups is 3. The molecule has 9 heteroatoms. The minimum absolute atomic E-state index is 0.0605. The number of hydrogen-bond donors (Lipinski definition) is 2. The first-order valence-electron chi connectivity index (χ1n) is 17.2. The summed E-state index contributed by atoms with van der Waals surface area (Å²) in [5.41, 5.74) is 9.37. The molecule has 46 heavy (non-hydrogen) atoms. The smallest absolute Gasteiger partial charge is 0.410 e. The van der Waals surface area contributed by atoms with Crippen molar-refractivity contribution < 1.29 is 19.1 Å². The van der Waals surface area contributed by atoms with Gasteiger partial charge in [-0.3, -0.25) is 14.5 Å². The van der Waals surface area contributed by atoms with Gasteiger partial charge in [0.2, 0.25) is 11.8 Å². The molecule has 2 aliphatic heterocycles. The summed E-state index contributed by atoms with van der Waals surface area (Å²) in [5.74, 6) is -0.119. The molecule has 1 saturated carbocycles. The third kappa shape index (κ3) is 6.79. The van der Waals surface area contributed by atoms with Crippen LogP contribution in [0.4, 0.5) is 4.79 Å². The van der Waals surface area contributed by atoms with Gasteiger partial charge in [-0.1, -0.05) is 67.3 Å². The molecule has 2 aliphatic carbocycles.